The van der Waals surface area contributed by atoms with Crippen LogP contribution in [0.2, 0.25) is 0 Å². The molecule has 0 atom stereocenters. The van der Waals surface area contributed by atoms with Crippen LogP contribution in [-0.4, -0.2) is 32.4 Å². The monoisotopic (exact) mass is 462 g/mol. The molecule has 4 rings (SSSR count). The highest BCUT2D eigenvalue weighted by atomic mass is 79.9. The van der Waals surface area contributed by atoms with Gasteiger partial charge in [0.25, 0.3) is 11.5 Å². The summed E-state index contributed by atoms with van der Waals surface area (Å²) in [5.74, 6) is 0.0276. The van der Waals surface area contributed by atoms with Crippen molar-refractivity contribution in [3.8, 4) is 0 Å². The van der Waals surface area contributed by atoms with Crippen LogP contribution in [0, 0.1) is 0 Å². The maximum atomic E-state index is 13.3. The molecule has 1 fully saturated rings. The van der Waals surface area contributed by atoms with Crippen molar-refractivity contribution in [1.29, 1.82) is 0 Å². The molecular formula is C19H19BrN4O3S. The minimum absolute atomic E-state index is 0.176. The number of nitrogens with zero attached hydrogens (tertiary/aromatic N) is 3. The molecule has 0 bridgehead atoms. The minimum Gasteiger partial charge on any atom is -0.337 e. The average Bonchev–Trinajstić information content (AvgIpc) is 3.43. The fourth-order valence-corrected chi connectivity index (χ4v) is 4.80. The molecule has 0 aromatic carbocycles. The fraction of sp³-hybridized carbons (Fsp3) is 0.368. The summed E-state index contributed by atoms with van der Waals surface area (Å²) < 4.78 is 2.39. The fourth-order valence-electron chi connectivity index (χ4n) is 3.29. The van der Waals surface area contributed by atoms with E-state index in [4.69, 9.17) is 0 Å². The van der Waals surface area contributed by atoms with E-state index in [1.807, 2.05) is 18.4 Å². The van der Waals surface area contributed by atoms with Gasteiger partial charge in [0, 0.05) is 39.9 Å². The maximum Gasteiger partial charge on any atom is 0.329 e. The summed E-state index contributed by atoms with van der Waals surface area (Å²) in [6, 6.07) is 3.69. The van der Waals surface area contributed by atoms with Crippen LogP contribution in [0.15, 0.2) is 31.6 Å². The standard InChI is InChI=1S/C19H19BrN4O3S/c1-3-24-16-15(17(25)22-19(24)27)13(7-14(21-16)10-4-5-10)18(26)23(2)8-12-6-11(20)9-28-12/h6-7,9-10H,3-5,8H2,1-2H3,(H,22,25,27). The van der Waals surface area contributed by atoms with Gasteiger partial charge in [-0.1, -0.05) is 0 Å². The van der Waals surface area contributed by atoms with Crippen molar-refractivity contribution in [2.75, 3.05) is 7.05 Å². The van der Waals surface area contributed by atoms with Gasteiger partial charge < -0.3 is 4.90 Å². The molecule has 0 saturated heterocycles. The molecule has 28 heavy (non-hydrogen) atoms. The first-order valence-corrected chi connectivity index (χ1v) is 10.7. The summed E-state index contributed by atoms with van der Waals surface area (Å²) in [4.78, 5) is 47.6. The Morgan fingerprint density at radius 2 is 2.14 bits per heavy atom. The van der Waals surface area contributed by atoms with Gasteiger partial charge in [-0.25, -0.2) is 9.78 Å². The number of nitrogens with one attached hydrogen (secondary N) is 1. The van der Waals surface area contributed by atoms with E-state index in [9.17, 15) is 14.4 Å². The third kappa shape index (κ3) is 3.44. The van der Waals surface area contributed by atoms with Crippen LogP contribution in [-0.2, 0) is 13.1 Å². The number of hydrogen-bond donors (Lipinski definition) is 1. The summed E-state index contributed by atoms with van der Waals surface area (Å²) in [5.41, 5.74) is 0.283. The van der Waals surface area contributed by atoms with Gasteiger partial charge in [-0.15, -0.1) is 11.3 Å². The first-order valence-electron chi connectivity index (χ1n) is 9.05. The van der Waals surface area contributed by atoms with Gasteiger partial charge in [0.05, 0.1) is 17.5 Å². The summed E-state index contributed by atoms with van der Waals surface area (Å²) in [6.07, 6.45) is 2.01. The van der Waals surface area contributed by atoms with Crippen LogP contribution in [0.3, 0.4) is 0 Å². The summed E-state index contributed by atoms with van der Waals surface area (Å²) in [5, 5.41) is 2.14. The van der Waals surface area contributed by atoms with Crippen LogP contribution in [0.4, 0.5) is 0 Å². The van der Waals surface area contributed by atoms with Crippen LogP contribution in [0.5, 0.6) is 0 Å². The molecule has 3 aromatic heterocycles. The van der Waals surface area contributed by atoms with E-state index >= 15 is 0 Å². The van der Waals surface area contributed by atoms with Crippen LogP contribution in [0.1, 0.15) is 46.6 Å². The average molecular weight is 463 g/mol. The highest BCUT2D eigenvalue weighted by Crippen LogP contribution is 2.40. The highest BCUT2D eigenvalue weighted by molar-refractivity contribution is 9.10. The van der Waals surface area contributed by atoms with Gasteiger partial charge in [-0.05, 0) is 47.8 Å². The zero-order chi connectivity index (χ0) is 20.0. The summed E-state index contributed by atoms with van der Waals surface area (Å²) in [6.45, 7) is 2.61. The molecule has 1 aliphatic rings. The van der Waals surface area contributed by atoms with E-state index in [0.29, 0.717) is 18.7 Å². The number of carbonyl (C=O) groups excluding carboxylic acids is 1. The minimum atomic E-state index is -0.574. The van der Waals surface area contributed by atoms with E-state index < -0.39 is 11.2 Å². The number of halogens is 1. The van der Waals surface area contributed by atoms with Crippen molar-refractivity contribution >= 4 is 44.2 Å². The quantitative estimate of drug-likeness (QED) is 0.630. The number of pyridine rings is 1. The lowest BCUT2D eigenvalue weighted by molar-refractivity contribution is 0.0788. The van der Waals surface area contributed by atoms with Gasteiger partial charge in [0.1, 0.15) is 0 Å². The lowest BCUT2D eigenvalue weighted by Gasteiger charge is -2.18. The van der Waals surface area contributed by atoms with Crippen molar-refractivity contribution in [2.45, 2.75) is 38.8 Å². The summed E-state index contributed by atoms with van der Waals surface area (Å²) >= 11 is 4.98. The van der Waals surface area contributed by atoms with Gasteiger partial charge in [0.15, 0.2) is 5.65 Å². The second-order valence-electron chi connectivity index (χ2n) is 6.96. The normalized spacial score (nSPS) is 13.8. The number of H-pyrrole nitrogens is 1. The van der Waals surface area contributed by atoms with E-state index in [2.05, 4.69) is 25.9 Å². The number of fused-ring (bicyclic) bond motifs is 1. The Hall–Kier alpha value is -2.26. The van der Waals surface area contributed by atoms with Crippen LogP contribution in [0.25, 0.3) is 11.0 Å². The summed E-state index contributed by atoms with van der Waals surface area (Å²) in [7, 11) is 1.71. The Kier molecular flexibility index (Phi) is 4.96. The molecule has 1 aliphatic carbocycles. The van der Waals surface area contributed by atoms with Crippen molar-refractivity contribution in [1.82, 2.24) is 19.4 Å². The molecule has 1 amide bonds. The maximum absolute atomic E-state index is 13.3. The number of carbonyl (C=O) groups is 1. The van der Waals surface area contributed by atoms with Crippen LogP contribution >= 0.6 is 27.3 Å². The van der Waals surface area contributed by atoms with Gasteiger partial charge in [-0.3, -0.25) is 19.1 Å². The Bertz CT molecular complexity index is 1190. The number of rotatable bonds is 5. The number of thiophene rings is 1. The number of aryl methyl sites for hydroxylation is 1. The third-order valence-electron chi connectivity index (χ3n) is 4.87. The molecular weight excluding hydrogens is 444 g/mol. The smallest absolute Gasteiger partial charge is 0.329 e. The van der Waals surface area contributed by atoms with E-state index in [0.717, 1.165) is 27.9 Å². The molecule has 1 N–H and O–H groups in total. The first kappa shape index (κ1) is 19.1. The number of amides is 1. The van der Waals surface area contributed by atoms with E-state index in [1.54, 1.807) is 29.4 Å². The molecule has 146 valence electrons. The Morgan fingerprint density at radius 1 is 1.39 bits per heavy atom. The number of aromatic nitrogens is 3. The molecule has 9 heteroatoms. The second kappa shape index (κ2) is 7.29. The van der Waals surface area contributed by atoms with E-state index in [-0.39, 0.29) is 22.9 Å². The molecule has 1 saturated carbocycles. The molecule has 7 nitrogen and oxygen atoms in total. The number of hydrogen-bond acceptors (Lipinski definition) is 5. The van der Waals surface area contributed by atoms with Crippen molar-refractivity contribution < 1.29 is 4.79 Å². The third-order valence-corrected chi connectivity index (χ3v) is 6.55. The van der Waals surface area contributed by atoms with Crippen LogP contribution < -0.4 is 11.2 Å². The lowest BCUT2D eigenvalue weighted by Crippen LogP contribution is -2.33. The van der Waals surface area contributed by atoms with Gasteiger partial charge in [-0.2, -0.15) is 0 Å². The highest BCUT2D eigenvalue weighted by Gasteiger charge is 2.29. The predicted molar refractivity (Wildman–Crippen MR) is 112 cm³/mol. The Labute approximate surface area is 173 Å². The molecule has 0 aliphatic heterocycles. The van der Waals surface area contributed by atoms with Crippen molar-refractivity contribution in [3.05, 3.63) is 59.0 Å². The SMILES string of the molecule is CCn1c(=O)[nH]c(=O)c2c(C(=O)N(C)Cc3cc(Br)cs3)cc(C3CC3)nc21. The van der Waals surface area contributed by atoms with Crippen molar-refractivity contribution in [3.63, 3.8) is 0 Å². The molecule has 0 radical (unpaired) electrons. The lowest BCUT2D eigenvalue weighted by atomic mass is 10.1. The Morgan fingerprint density at radius 3 is 2.75 bits per heavy atom. The van der Waals surface area contributed by atoms with Gasteiger partial charge >= 0.3 is 5.69 Å². The largest absolute Gasteiger partial charge is 0.337 e. The Balaban J connectivity index is 1.86. The first-order chi connectivity index (χ1) is 13.4. The molecule has 0 spiro atoms. The molecule has 3 heterocycles. The molecule has 3 aromatic rings. The number of aromatic amines is 1. The van der Waals surface area contributed by atoms with E-state index in [1.165, 1.54) is 4.57 Å². The zero-order valence-corrected chi connectivity index (χ0v) is 17.9. The van der Waals surface area contributed by atoms with Gasteiger partial charge in [0.2, 0.25) is 0 Å². The molecule has 0 unspecified atom stereocenters. The topological polar surface area (TPSA) is 88.1 Å². The second-order valence-corrected chi connectivity index (χ2v) is 8.88. The van der Waals surface area contributed by atoms with Crippen molar-refractivity contribution in [2.24, 2.45) is 0 Å². The predicted octanol–water partition coefficient (Wildman–Crippen LogP) is 3.08. The zero-order valence-electron chi connectivity index (χ0n) is 15.5.